The van der Waals surface area contributed by atoms with Gasteiger partial charge in [0.05, 0.1) is 6.42 Å². The number of carbonyl (C=O) groups excluding carboxylic acids is 2. The highest BCUT2D eigenvalue weighted by atomic mass is 28.3. The third-order valence-electron chi connectivity index (χ3n) is 3.22. The molecule has 0 aromatic rings. The van der Waals surface area contributed by atoms with Gasteiger partial charge in [0.1, 0.15) is 19.3 Å². The normalized spacial score (nSPS) is 14.0. The molecule has 23 heavy (non-hydrogen) atoms. The summed E-state index contributed by atoms with van der Waals surface area (Å²) >= 11 is 0. The summed E-state index contributed by atoms with van der Waals surface area (Å²) in [7, 11) is -1.51. The minimum Gasteiger partial charge on any atom is -0.461 e. The van der Waals surface area contributed by atoms with E-state index in [0.717, 1.165) is 0 Å². The maximum Gasteiger partial charge on any atom is 0.334 e. The second kappa shape index (κ2) is 10.4. The quantitative estimate of drug-likeness (QED) is 0.347. The van der Waals surface area contributed by atoms with Gasteiger partial charge in [-0.1, -0.05) is 46.1 Å². The van der Waals surface area contributed by atoms with Crippen LogP contribution in [-0.4, -0.2) is 40.3 Å². The summed E-state index contributed by atoms with van der Waals surface area (Å²) in [5.74, 6) is -1.17. The molecule has 0 saturated heterocycles. The number of carbonyl (C=O) groups is 2. The van der Waals surface area contributed by atoms with Gasteiger partial charge in [-0.05, 0) is 18.5 Å². The van der Waals surface area contributed by atoms with E-state index in [-0.39, 0.29) is 36.9 Å². The number of hydrogen-bond donors (Lipinski definition) is 0. The monoisotopic (exact) mass is 342 g/mol. The average molecular weight is 343 g/mol. The molecule has 2 unspecified atom stereocenters. The third-order valence-corrected chi connectivity index (χ3v) is 4.06. The van der Waals surface area contributed by atoms with Crippen LogP contribution in [0.5, 0.6) is 0 Å². The topological polar surface area (TPSA) is 61.8 Å². The minimum absolute atomic E-state index is 0.0896. The Hall–Kier alpha value is -1.40. The van der Waals surface area contributed by atoms with Crippen LogP contribution in [0.15, 0.2) is 25.3 Å². The summed E-state index contributed by atoms with van der Waals surface area (Å²) in [6, 6.07) is 0. The predicted molar refractivity (Wildman–Crippen MR) is 93.6 cm³/mol. The third kappa shape index (κ3) is 8.71. The molecule has 0 fully saturated rings. The zero-order chi connectivity index (χ0) is 18.0. The Balaban J connectivity index is 5.29. The number of ether oxygens (including phenoxy) is 2. The van der Waals surface area contributed by atoms with Crippen molar-refractivity contribution in [2.45, 2.75) is 46.4 Å². The van der Waals surface area contributed by atoms with Crippen LogP contribution in [0.1, 0.15) is 27.2 Å². The summed E-state index contributed by atoms with van der Waals surface area (Å²) in [5.41, 5.74) is -0.325. The molecule has 0 aromatic heterocycles. The van der Waals surface area contributed by atoms with Crippen LogP contribution >= 0.6 is 0 Å². The number of rotatable bonds is 10. The van der Waals surface area contributed by atoms with Gasteiger partial charge in [-0.3, -0.25) is 4.79 Å². The minimum atomic E-state index is -1.51. The lowest BCUT2D eigenvalue weighted by molar-refractivity contribution is -0.159. The number of hydrogen-bond acceptors (Lipinski definition) is 5. The van der Waals surface area contributed by atoms with E-state index in [2.05, 4.69) is 13.2 Å². The molecule has 0 amide bonds. The van der Waals surface area contributed by atoms with Gasteiger partial charge >= 0.3 is 11.9 Å². The lowest BCUT2D eigenvalue weighted by Gasteiger charge is -2.36. The highest BCUT2D eigenvalue weighted by Crippen LogP contribution is 2.34. The molecule has 5 nitrogen and oxygen atoms in total. The van der Waals surface area contributed by atoms with Gasteiger partial charge in [-0.25, -0.2) is 4.79 Å². The molecule has 0 spiro atoms. The molecular weight excluding hydrogens is 312 g/mol. The fraction of sp³-hybridized carbons (Fsp3) is 0.647. The van der Waals surface area contributed by atoms with Crippen molar-refractivity contribution in [1.82, 2.24) is 0 Å². The molecular formula is C17H30O5Si. The van der Waals surface area contributed by atoms with Crippen molar-refractivity contribution in [3.63, 3.8) is 0 Å². The molecule has 6 heteroatoms. The van der Waals surface area contributed by atoms with Crippen molar-refractivity contribution in [3.8, 4) is 0 Å². The van der Waals surface area contributed by atoms with Crippen molar-refractivity contribution in [2.24, 2.45) is 11.3 Å². The Morgan fingerprint density at radius 2 is 1.61 bits per heavy atom. The first kappa shape index (κ1) is 21.6. The molecule has 0 saturated carbocycles. The van der Waals surface area contributed by atoms with Crippen LogP contribution in [0.25, 0.3) is 0 Å². The van der Waals surface area contributed by atoms with E-state index < -0.39 is 21.1 Å². The van der Waals surface area contributed by atoms with Crippen molar-refractivity contribution in [1.29, 1.82) is 0 Å². The Morgan fingerprint density at radius 3 is 2.04 bits per heavy atom. The van der Waals surface area contributed by atoms with Crippen molar-refractivity contribution in [3.05, 3.63) is 25.3 Å². The first-order chi connectivity index (χ1) is 10.6. The summed E-state index contributed by atoms with van der Waals surface area (Å²) in [6.45, 7) is 17.2. The van der Waals surface area contributed by atoms with E-state index in [4.69, 9.17) is 13.9 Å². The fourth-order valence-corrected chi connectivity index (χ4v) is 2.98. The largest absolute Gasteiger partial charge is 0.461 e. The Bertz CT molecular complexity index is 412. The lowest BCUT2D eigenvalue weighted by Crippen LogP contribution is -2.44. The Labute approximate surface area is 141 Å². The summed E-state index contributed by atoms with van der Waals surface area (Å²) in [4.78, 5) is 24.4. The van der Waals surface area contributed by atoms with Gasteiger partial charge < -0.3 is 13.9 Å². The van der Waals surface area contributed by atoms with Gasteiger partial charge in [0.2, 0.25) is 0 Å². The van der Waals surface area contributed by atoms with Crippen LogP contribution in [0, 0.1) is 11.3 Å². The van der Waals surface area contributed by atoms with Crippen LogP contribution in [0.4, 0.5) is 0 Å². The predicted octanol–water partition coefficient (Wildman–Crippen LogP) is 2.87. The molecule has 2 atom stereocenters. The van der Waals surface area contributed by atoms with Crippen LogP contribution in [0.2, 0.25) is 13.1 Å². The van der Waals surface area contributed by atoms with E-state index >= 15 is 0 Å². The Morgan fingerprint density at radius 1 is 1.09 bits per heavy atom. The van der Waals surface area contributed by atoms with Crippen LogP contribution in [0.3, 0.4) is 0 Å². The zero-order valence-corrected chi connectivity index (χ0v) is 16.1. The van der Waals surface area contributed by atoms with Gasteiger partial charge in [0.25, 0.3) is 0 Å². The molecule has 0 aliphatic heterocycles. The smallest absolute Gasteiger partial charge is 0.334 e. The van der Waals surface area contributed by atoms with E-state index in [9.17, 15) is 9.59 Å². The maximum atomic E-state index is 12.4. The van der Waals surface area contributed by atoms with Gasteiger partial charge in [0.15, 0.2) is 9.04 Å². The average Bonchev–Trinajstić information content (AvgIpc) is 2.44. The molecule has 0 aromatic carbocycles. The van der Waals surface area contributed by atoms with Crippen LogP contribution in [-0.2, 0) is 23.5 Å². The Kier molecular flexibility index (Phi) is 9.75. The zero-order valence-electron chi connectivity index (χ0n) is 15.0. The molecule has 0 aliphatic rings. The van der Waals surface area contributed by atoms with Crippen molar-refractivity contribution < 1.29 is 23.5 Å². The first-order valence-electron chi connectivity index (χ1n) is 7.83. The number of esters is 2. The van der Waals surface area contributed by atoms with Crippen LogP contribution < -0.4 is 0 Å². The highest BCUT2D eigenvalue weighted by molar-refractivity contribution is 6.48. The molecule has 0 aliphatic carbocycles. The molecule has 0 heterocycles. The molecule has 0 radical (unpaired) electrons. The SMILES string of the molecule is C=CCOC(=O)CC(C(O[SiH](C)C)C(=O)OCC=C)C(C)(C)C. The second-order valence-corrected chi connectivity index (χ2v) is 9.04. The second-order valence-electron chi connectivity index (χ2n) is 6.67. The lowest BCUT2D eigenvalue weighted by atomic mass is 9.75. The summed E-state index contributed by atoms with van der Waals surface area (Å²) in [5, 5.41) is 0. The maximum absolute atomic E-state index is 12.4. The molecule has 0 rings (SSSR count). The highest BCUT2D eigenvalue weighted by Gasteiger charge is 2.40. The van der Waals surface area contributed by atoms with Crippen molar-refractivity contribution in [2.75, 3.05) is 13.2 Å². The van der Waals surface area contributed by atoms with Gasteiger partial charge in [-0.15, -0.1) is 0 Å². The van der Waals surface area contributed by atoms with Gasteiger partial charge in [-0.2, -0.15) is 0 Å². The standard InChI is InChI=1S/C17H30O5Si/c1-8-10-20-14(18)12-13(17(3,4)5)15(22-23(6)7)16(19)21-11-9-2/h8-9,13,15,23H,1-2,10-12H2,3-7H3. The van der Waals surface area contributed by atoms with E-state index in [1.165, 1.54) is 12.2 Å². The van der Waals surface area contributed by atoms with E-state index in [1.54, 1.807) is 0 Å². The van der Waals surface area contributed by atoms with Crippen molar-refractivity contribution >= 4 is 21.0 Å². The fourth-order valence-electron chi connectivity index (χ4n) is 2.09. The van der Waals surface area contributed by atoms with Gasteiger partial charge in [0, 0.05) is 5.92 Å². The summed E-state index contributed by atoms with van der Waals surface area (Å²) < 4.78 is 16.1. The van der Waals surface area contributed by atoms with E-state index in [1.807, 2.05) is 33.9 Å². The molecule has 132 valence electrons. The van der Waals surface area contributed by atoms with E-state index in [0.29, 0.717) is 0 Å². The molecule has 0 bridgehead atoms. The summed E-state index contributed by atoms with van der Waals surface area (Å²) in [6.07, 6.45) is 2.33. The first-order valence-corrected chi connectivity index (χ1v) is 10.6. The molecule has 0 N–H and O–H groups in total.